The van der Waals surface area contributed by atoms with E-state index in [4.69, 9.17) is 5.11 Å². The summed E-state index contributed by atoms with van der Waals surface area (Å²) >= 11 is 1.54. The highest BCUT2D eigenvalue weighted by atomic mass is 32.1. The van der Waals surface area contributed by atoms with Crippen molar-refractivity contribution in [1.82, 2.24) is 4.98 Å². The van der Waals surface area contributed by atoms with Crippen LogP contribution >= 0.6 is 11.3 Å². The molecule has 2 nitrogen and oxygen atoms in total. The third-order valence-corrected chi connectivity index (χ3v) is 3.49. The maximum atomic E-state index is 8.97. The first-order valence-electron chi connectivity index (χ1n) is 4.84. The third-order valence-electron chi connectivity index (χ3n) is 2.46. The first-order valence-corrected chi connectivity index (χ1v) is 5.65. The summed E-state index contributed by atoms with van der Waals surface area (Å²) in [5, 5.41) is 9.94. The molecule has 0 bridgehead atoms. The molecule has 0 unspecified atom stereocenters. The van der Waals surface area contributed by atoms with Crippen molar-refractivity contribution in [3.63, 3.8) is 0 Å². The zero-order chi connectivity index (χ0) is 10.8. The fraction of sp³-hybridized carbons (Fsp3) is 0.250. The van der Waals surface area contributed by atoms with Gasteiger partial charge in [-0.2, -0.15) is 0 Å². The van der Waals surface area contributed by atoms with E-state index in [-0.39, 0.29) is 6.61 Å². The summed E-state index contributed by atoms with van der Waals surface area (Å²) in [6, 6.07) is 6.31. The maximum absolute atomic E-state index is 8.97. The van der Waals surface area contributed by atoms with Gasteiger partial charge in [0.05, 0.1) is 11.5 Å². The van der Waals surface area contributed by atoms with Gasteiger partial charge in [-0.05, 0) is 31.0 Å². The van der Waals surface area contributed by atoms with Crippen LogP contribution in [0.15, 0.2) is 24.4 Å². The van der Waals surface area contributed by atoms with Gasteiger partial charge in [0.1, 0.15) is 5.01 Å². The van der Waals surface area contributed by atoms with Gasteiger partial charge in [-0.1, -0.05) is 12.1 Å². The molecule has 1 aromatic carbocycles. The molecule has 1 heterocycles. The molecule has 0 atom stereocenters. The highest BCUT2D eigenvalue weighted by molar-refractivity contribution is 7.15. The number of aliphatic hydroxyl groups excluding tert-OH is 1. The van der Waals surface area contributed by atoms with Crippen molar-refractivity contribution in [3.05, 3.63) is 40.4 Å². The molecular weight excluding hydrogens is 206 g/mol. The molecule has 0 spiro atoms. The number of hydrogen-bond acceptors (Lipinski definition) is 3. The summed E-state index contributed by atoms with van der Waals surface area (Å²) in [6.07, 6.45) is 1.73. The van der Waals surface area contributed by atoms with Crippen LogP contribution in [0.25, 0.3) is 10.6 Å². The molecule has 15 heavy (non-hydrogen) atoms. The lowest BCUT2D eigenvalue weighted by Crippen LogP contribution is -1.82. The summed E-state index contributed by atoms with van der Waals surface area (Å²) in [5.41, 5.74) is 3.69. The molecule has 1 N–H and O–H groups in total. The van der Waals surface area contributed by atoms with E-state index < -0.39 is 0 Å². The van der Waals surface area contributed by atoms with Gasteiger partial charge in [0, 0.05) is 11.8 Å². The minimum Gasteiger partial charge on any atom is -0.391 e. The smallest absolute Gasteiger partial charge is 0.123 e. The van der Waals surface area contributed by atoms with Crippen molar-refractivity contribution in [2.75, 3.05) is 0 Å². The van der Waals surface area contributed by atoms with Crippen LogP contribution in [0.5, 0.6) is 0 Å². The van der Waals surface area contributed by atoms with Crippen LogP contribution in [0, 0.1) is 13.8 Å². The molecule has 3 heteroatoms. The Hall–Kier alpha value is -1.19. The molecule has 0 radical (unpaired) electrons. The number of nitrogens with zero attached hydrogens (tertiary/aromatic N) is 1. The van der Waals surface area contributed by atoms with E-state index in [1.807, 2.05) is 0 Å². The second kappa shape index (κ2) is 4.13. The minimum absolute atomic E-state index is 0.0719. The van der Waals surface area contributed by atoms with Crippen LogP contribution in [0.1, 0.15) is 16.0 Å². The largest absolute Gasteiger partial charge is 0.391 e. The zero-order valence-corrected chi connectivity index (χ0v) is 9.64. The van der Waals surface area contributed by atoms with Crippen molar-refractivity contribution in [2.24, 2.45) is 0 Å². The number of thiazole rings is 1. The number of rotatable bonds is 2. The van der Waals surface area contributed by atoms with E-state index >= 15 is 0 Å². The Balaban J connectivity index is 2.40. The first kappa shape index (κ1) is 10.3. The van der Waals surface area contributed by atoms with Crippen LogP contribution in [0.3, 0.4) is 0 Å². The van der Waals surface area contributed by atoms with Crippen LogP contribution in [-0.4, -0.2) is 10.1 Å². The second-order valence-electron chi connectivity index (χ2n) is 3.59. The van der Waals surface area contributed by atoms with Gasteiger partial charge >= 0.3 is 0 Å². The third kappa shape index (κ3) is 2.08. The van der Waals surface area contributed by atoms with E-state index in [0.29, 0.717) is 0 Å². The molecule has 0 aliphatic rings. The van der Waals surface area contributed by atoms with Crippen molar-refractivity contribution >= 4 is 11.3 Å². The van der Waals surface area contributed by atoms with Crippen LogP contribution in [0.2, 0.25) is 0 Å². The summed E-state index contributed by atoms with van der Waals surface area (Å²) in [4.78, 5) is 5.19. The topological polar surface area (TPSA) is 33.1 Å². The predicted octanol–water partition coefficient (Wildman–Crippen LogP) is 2.92. The van der Waals surface area contributed by atoms with E-state index in [2.05, 4.69) is 37.0 Å². The Morgan fingerprint density at radius 2 is 2.07 bits per heavy atom. The van der Waals surface area contributed by atoms with Gasteiger partial charge in [0.15, 0.2) is 0 Å². The zero-order valence-electron chi connectivity index (χ0n) is 8.82. The Kier molecular flexibility index (Phi) is 2.84. The van der Waals surface area contributed by atoms with E-state index in [1.165, 1.54) is 22.5 Å². The van der Waals surface area contributed by atoms with Crippen LogP contribution in [0.4, 0.5) is 0 Å². The highest BCUT2D eigenvalue weighted by Gasteiger charge is 2.04. The molecule has 0 saturated heterocycles. The number of aliphatic hydroxyl groups is 1. The van der Waals surface area contributed by atoms with Gasteiger partial charge in [0.25, 0.3) is 0 Å². The fourth-order valence-electron chi connectivity index (χ4n) is 1.39. The SMILES string of the molecule is Cc1ccc(-c2ncc(CO)s2)cc1C. The average molecular weight is 219 g/mol. The quantitative estimate of drug-likeness (QED) is 0.842. The number of aryl methyl sites for hydroxylation is 2. The Morgan fingerprint density at radius 1 is 1.27 bits per heavy atom. The molecule has 0 aliphatic heterocycles. The average Bonchev–Trinajstić information content (AvgIpc) is 2.70. The standard InChI is InChI=1S/C12H13NOS/c1-8-3-4-10(5-9(8)2)12-13-6-11(7-14)15-12/h3-6,14H,7H2,1-2H3. The van der Waals surface area contributed by atoms with Crippen molar-refractivity contribution in [3.8, 4) is 10.6 Å². The molecule has 1 aromatic heterocycles. The molecule has 0 saturated carbocycles. The lowest BCUT2D eigenvalue weighted by atomic mass is 10.1. The van der Waals surface area contributed by atoms with Crippen LogP contribution < -0.4 is 0 Å². The lowest BCUT2D eigenvalue weighted by Gasteiger charge is -2.01. The summed E-state index contributed by atoms with van der Waals surface area (Å²) in [7, 11) is 0. The number of aromatic nitrogens is 1. The Bertz CT molecular complexity index is 476. The molecule has 2 aromatic rings. The van der Waals surface area contributed by atoms with Crippen LogP contribution in [-0.2, 0) is 6.61 Å². The monoisotopic (exact) mass is 219 g/mol. The van der Waals surface area contributed by atoms with Crippen molar-refractivity contribution in [2.45, 2.75) is 20.5 Å². The fourth-order valence-corrected chi connectivity index (χ4v) is 2.16. The lowest BCUT2D eigenvalue weighted by molar-refractivity contribution is 0.285. The number of hydrogen-bond donors (Lipinski definition) is 1. The summed E-state index contributed by atoms with van der Waals surface area (Å²) in [5.74, 6) is 0. The molecular formula is C12H13NOS. The predicted molar refractivity (Wildman–Crippen MR) is 62.9 cm³/mol. The summed E-state index contributed by atoms with van der Waals surface area (Å²) < 4.78 is 0. The van der Waals surface area contributed by atoms with Gasteiger partial charge in [0.2, 0.25) is 0 Å². The normalized spacial score (nSPS) is 10.6. The Labute approximate surface area is 93.2 Å². The van der Waals surface area contributed by atoms with Gasteiger partial charge in [-0.15, -0.1) is 11.3 Å². The van der Waals surface area contributed by atoms with E-state index in [1.54, 1.807) is 6.20 Å². The van der Waals surface area contributed by atoms with Crippen molar-refractivity contribution < 1.29 is 5.11 Å². The highest BCUT2D eigenvalue weighted by Crippen LogP contribution is 2.26. The maximum Gasteiger partial charge on any atom is 0.123 e. The second-order valence-corrected chi connectivity index (χ2v) is 4.70. The number of benzene rings is 1. The van der Waals surface area contributed by atoms with E-state index in [0.717, 1.165) is 15.4 Å². The Morgan fingerprint density at radius 3 is 2.67 bits per heavy atom. The molecule has 0 fully saturated rings. The molecule has 78 valence electrons. The first-order chi connectivity index (χ1) is 7.20. The molecule has 0 amide bonds. The summed E-state index contributed by atoms with van der Waals surface area (Å²) in [6.45, 7) is 4.27. The van der Waals surface area contributed by atoms with Gasteiger partial charge in [-0.25, -0.2) is 4.98 Å². The molecule has 0 aliphatic carbocycles. The van der Waals surface area contributed by atoms with Gasteiger partial charge in [-0.3, -0.25) is 0 Å². The van der Waals surface area contributed by atoms with E-state index in [9.17, 15) is 0 Å². The molecule has 2 rings (SSSR count). The minimum atomic E-state index is 0.0719. The van der Waals surface area contributed by atoms with Crippen molar-refractivity contribution in [1.29, 1.82) is 0 Å². The van der Waals surface area contributed by atoms with Gasteiger partial charge < -0.3 is 5.11 Å².